The number of hydrogen-bond acceptors (Lipinski definition) is 12. The third-order valence-electron chi connectivity index (χ3n) is 8.80. The van der Waals surface area contributed by atoms with Crippen LogP contribution in [0.4, 0.5) is 21.9 Å². The van der Waals surface area contributed by atoms with E-state index in [1.165, 1.54) is 29.8 Å². The van der Waals surface area contributed by atoms with E-state index in [0.717, 1.165) is 49.7 Å². The van der Waals surface area contributed by atoms with Crippen molar-refractivity contribution in [1.29, 1.82) is 0 Å². The highest BCUT2D eigenvalue weighted by Gasteiger charge is 2.25. The maximum absolute atomic E-state index is 13.2. The molecule has 2 aliphatic rings. The minimum Gasteiger partial charge on any atom is -0.383 e. The Hall–Kier alpha value is -5.91. The molecule has 0 saturated heterocycles. The van der Waals surface area contributed by atoms with Crippen LogP contribution >= 0.6 is 0 Å². The largest absolute Gasteiger partial charge is 0.383 e. The van der Waals surface area contributed by atoms with Gasteiger partial charge >= 0.3 is 11.7 Å². The van der Waals surface area contributed by atoms with Crippen LogP contribution in [-0.4, -0.2) is 57.1 Å². The molecule has 0 radical (unpaired) electrons. The normalized spacial score (nSPS) is 17.3. The molecule has 18 heteroatoms. The smallest absolute Gasteiger partial charge is 0.333 e. The van der Waals surface area contributed by atoms with Gasteiger partial charge in [0.25, 0.3) is 10.0 Å². The summed E-state index contributed by atoms with van der Waals surface area (Å²) in [7, 11) is -4.26. The molecular formula is C34H38N10O7S. The second-order valence-electron chi connectivity index (χ2n) is 12.5. The molecule has 17 nitrogen and oxygen atoms in total. The van der Waals surface area contributed by atoms with Crippen molar-refractivity contribution < 1.29 is 27.6 Å². The minimum absolute atomic E-state index is 0.0652. The molecule has 6 rings (SSSR count). The van der Waals surface area contributed by atoms with Crippen LogP contribution in [0, 0.1) is 10.1 Å². The van der Waals surface area contributed by atoms with Crippen LogP contribution in [0.15, 0.2) is 87.2 Å². The number of aromatic nitrogens is 5. The predicted octanol–water partition coefficient (Wildman–Crippen LogP) is 5.28. The molecular weight excluding hydrogens is 693 g/mol. The summed E-state index contributed by atoms with van der Waals surface area (Å²) in [4.78, 5) is 36.2. The lowest BCUT2D eigenvalue weighted by Gasteiger charge is -2.17. The first-order valence-corrected chi connectivity index (χ1v) is 18.4. The summed E-state index contributed by atoms with van der Waals surface area (Å²) >= 11 is 0. The van der Waals surface area contributed by atoms with Crippen molar-refractivity contribution in [2.75, 3.05) is 17.2 Å². The van der Waals surface area contributed by atoms with Crippen molar-refractivity contribution in [1.82, 2.24) is 35.3 Å². The number of allylic oxidation sites excluding steroid dienone is 4. The van der Waals surface area contributed by atoms with E-state index in [0.29, 0.717) is 49.4 Å². The van der Waals surface area contributed by atoms with Gasteiger partial charge in [-0.3, -0.25) is 19.6 Å². The highest BCUT2D eigenvalue weighted by Crippen LogP contribution is 2.36. The number of nitro benzene ring substituents is 1. The molecule has 1 saturated carbocycles. The van der Waals surface area contributed by atoms with Crippen molar-refractivity contribution in [3.05, 3.63) is 93.5 Å². The SMILES string of the molecule is C=C1CCCC/C=C2/CCC/C2=C/1NC(=O)NS(=O)(=O)c1cccc(NC(=O)CCc2cn(CCCNc3ccc([N+](=O)[O-])c4nonc34)nn2)c1. The number of amides is 3. The zero-order valence-electron chi connectivity index (χ0n) is 28.3. The lowest BCUT2D eigenvalue weighted by atomic mass is 10.0. The van der Waals surface area contributed by atoms with Crippen molar-refractivity contribution in [3.8, 4) is 0 Å². The third-order valence-corrected chi connectivity index (χ3v) is 10.1. The Morgan fingerprint density at radius 2 is 1.88 bits per heavy atom. The lowest BCUT2D eigenvalue weighted by Crippen LogP contribution is -2.39. The molecule has 0 spiro atoms. The molecule has 0 bridgehead atoms. The summed E-state index contributed by atoms with van der Waals surface area (Å²) in [5, 5.41) is 35.4. The van der Waals surface area contributed by atoms with Crippen LogP contribution in [0.25, 0.3) is 11.0 Å². The van der Waals surface area contributed by atoms with Crippen LogP contribution in [-0.2, 0) is 27.8 Å². The first-order valence-electron chi connectivity index (χ1n) is 16.9. The Balaban J connectivity index is 0.972. The molecule has 1 fully saturated rings. The highest BCUT2D eigenvalue weighted by atomic mass is 32.2. The van der Waals surface area contributed by atoms with Gasteiger partial charge in [-0.25, -0.2) is 22.6 Å². The van der Waals surface area contributed by atoms with E-state index in [2.05, 4.69) is 58.6 Å². The fourth-order valence-electron chi connectivity index (χ4n) is 6.24. The first-order chi connectivity index (χ1) is 25.1. The Kier molecular flexibility index (Phi) is 11.0. The predicted molar refractivity (Wildman–Crippen MR) is 190 cm³/mol. The van der Waals surface area contributed by atoms with Gasteiger partial charge in [-0.1, -0.05) is 23.9 Å². The number of nitro groups is 1. The maximum Gasteiger partial charge on any atom is 0.333 e. The van der Waals surface area contributed by atoms with Gasteiger partial charge < -0.3 is 16.0 Å². The third kappa shape index (κ3) is 8.68. The van der Waals surface area contributed by atoms with Crippen LogP contribution in [0.3, 0.4) is 0 Å². The van der Waals surface area contributed by atoms with Gasteiger partial charge in [0.15, 0.2) is 5.52 Å². The number of benzene rings is 2. The van der Waals surface area contributed by atoms with Gasteiger partial charge in [-0.2, -0.15) is 0 Å². The van der Waals surface area contributed by atoms with Crippen LogP contribution in [0.1, 0.15) is 63.5 Å². The molecule has 0 atom stereocenters. The summed E-state index contributed by atoms with van der Waals surface area (Å²) < 4.78 is 34.8. The molecule has 52 heavy (non-hydrogen) atoms. The van der Waals surface area contributed by atoms with Gasteiger partial charge in [0.2, 0.25) is 11.4 Å². The number of rotatable bonds is 13. The molecule has 272 valence electrons. The number of nitrogens with one attached hydrogen (secondary N) is 4. The molecule has 0 aliphatic heterocycles. The highest BCUT2D eigenvalue weighted by molar-refractivity contribution is 7.90. The van der Waals surface area contributed by atoms with E-state index in [1.807, 2.05) is 0 Å². The molecule has 4 aromatic rings. The summed E-state index contributed by atoms with van der Waals surface area (Å²) in [6, 6.07) is 7.69. The summed E-state index contributed by atoms with van der Waals surface area (Å²) in [6.07, 6.45) is 11.3. The van der Waals surface area contributed by atoms with E-state index < -0.39 is 21.0 Å². The van der Waals surface area contributed by atoms with Crippen LogP contribution < -0.4 is 20.7 Å². The molecule has 2 aliphatic carbocycles. The van der Waals surface area contributed by atoms with E-state index >= 15 is 0 Å². The lowest BCUT2D eigenvalue weighted by molar-refractivity contribution is -0.383. The Labute approximate surface area is 298 Å². The van der Waals surface area contributed by atoms with Gasteiger partial charge in [0.1, 0.15) is 0 Å². The standard InChI is InChI=1S/C34H38N10O7S/c1-22-8-3-2-4-9-23-10-5-13-27(23)31(22)37-34(46)41-52(49,50)26-12-6-11-24(20-26)36-30(45)17-14-25-21-43(42-38-25)19-7-18-35-28-15-16-29(44(47)48)33-32(28)39-51-40-33/h6,9,11-12,15-16,20-21,35H,1-5,7-8,10,13-14,17-19H2,(H,36,45)(H2,37,41,46)/b23-9-,31-27+. The second-order valence-corrected chi connectivity index (χ2v) is 14.2. The number of nitrogens with zero attached hydrogens (tertiary/aromatic N) is 6. The van der Waals surface area contributed by atoms with Crippen LogP contribution in [0.5, 0.6) is 0 Å². The Morgan fingerprint density at radius 3 is 2.73 bits per heavy atom. The van der Waals surface area contributed by atoms with E-state index in [-0.39, 0.29) is 39.6 Å². The number of fused-ring (bicyclic) bond motifs is 2. The molecule has 2 aromatic heterocycles. The van der Waals surface area contributed by atoms with Crippen molar-refractivity contribution >= 4 is 50.1 Å². The summed E-state index contributed by atoms with van der Waals surface area (Å²) in [5.74, 6) is -0.358. The van der Waals surface area contributed by atoms with Gasteiger partial charge in [0.05, 0.1) is 21.2 Å². The average molecular weight is 731 g/mol. The van der Waals surface area contributed by atoms with Gasteiger partial charge in [-0.05, 0) is 103 Å². The Morgan fingerprint density at radius 1 is 1.04 bits per heavy atom. The monoisotopic (exact) mass is 730 g/mol. The fourth-order valence-corrected chi connectivity index (χ4v) is 7.19. The number of carbonyl (C=O) groups is 2. The number of aryl methyl sites for hydroxylation is 2. The zero-order chi connectivity index (χ0) is 36.7. The number of urea groups is 1. The number of sulfonamides is 1. The topological polar surface area (TPSA) is 229 Å². The summed E-state index contributed by atoms with van der Waals surface area (Å²) in [6.45, 7) is 5.18. The quantitative estimate of drug-likeness (QED) is 0.0783. The average Bonchev–Trinajstić information content (AvgIpc) is 3.89. The van der Waals surface area contributed by atoms with E-state index in [4.69, 9.17) is 0 Å². The molecule has 2 heterocycles. The zero-order valence-corrected chi connectivity index (χ0v) is 29.1. The fraction of sp³-hybridized carbons (Fsp3) is 0.353. The summed E-state index contributed by atoms with van der Waals surface area (Å²) in [5.41, 5.74) is 5.14. The molecule has 2 aromatic carbocycles. The van der Waals surface area contributed by atoms with Gasteiger partial charge in [0, 0.05) is 49.6 Å². The van der Waals surface area contributed by atoms with E-state index in [9.17, 15) is 28.1 Å². The molecule has 0 unspecified atom stereocenters. The number of anilines is 2. The van der Waals surface area contributed by atoms with Crippen molar-refractivity contribution in [2.45, 2.75) is 75.6 Å². The molecule has 4 N–H and O–H groups in total. The second kappa shape index (κ2) is 16.0. The first kappa shape index (κ1) is 35.9. The number of non-ortho nitro benzene ring substituents is 1. The van der Waals surface area contributed by atoms with E-state index in [1.54, 1.807) is 23.0 Å². The maximum atomic E-state index is 13.2. The Bertz CT molecular complexity index is 2190. The molecule has 3 amide bonds. The minimum atomic E-state index is -4.26. The van der Waals surface area contributed by atoms with Crippen molar-refractivity contribution in [3.63, 3.8) is 0 Å². The van der Waals surface area contributed by atoms with Crippen molar-refractivity contribution in [2.24, 2.45) is 0 Å². The van der Waals surface area contributed by atoms with Gasteiger partial charge in [-0.15, -0.1) is 5.10 Å². The number of hydrogen-bond donors (Lipinski definition) is 4. The number of carbonyl (C=O) groups excluding carboxylic acids is 2. The van der Waals surface area contributed by atoms with Crippen LogP contribution in [0.2, 0.25) is 0 Å².